The number of hydrazine groups is 1. The molecule has 11 amide bonds. The molecule has 2 bridgehead atoms. The zero-order valence-corrected chi connectivity index (χ0v) is 65.0. The number of rotatable bonds is 14. The van der Waals surface area contributed by atoms with Gasteiger partial charge in [-0.1, -0.05) is 102 Å². The number of fused-ring (bicyclic) bond motifs is 3. The van der Waals surface area contributed by atoms with Crippen molar-refractivity contribution in [3.05, 3.63) is 82.4 Å². The van der Waals surface area contributed by atoms with Crippen LogP contribution in [0.5, 0.6) is 0 Å². The molecule has 1 unspecified atom stereocenters. The van der Waals surface area contributed by atoms with E-state index in [2.05, 4.69) is 21.4 Å². The summed E-state index contributed by atoms with van der Waals surface area (Å²) in [6.45, 7) is 11.4. The number of hydrogen-bond acceptors (Lipinski definition) is 14. The Balaban J connectivity index is 1.24. The summed E-state index contributed by atoms with van der Waals surface area (Å²) in [5.41, 5.74) is -0.433. The number of nitrogens with zero attached hydrogens (tertiary/aromatic N) is 8. The first-order chi connectivity index (χ1) is 50.8. The van der Waals surface area contributed by atoms with Gasteiger partial charge in [0.25, 0.3) is 5.91 Å². The lowest BCUT2D eigenvalue weighted by molar-refractivity contribution is -0.161. The third-order valence-corrected chi connectivity index (χ3v) is 22.7. The molecule has 108 heavy (non-hydrogen) atoms. The summed E-state index contributed by atoms with van der Waals surface area (Å²) < 4.78 is 78.1. The molecule has 2 heterocycles. The first-order valence-corrected chi connectivity index (χ1v) is 38.0. The Bertz CT molecular complexity index is 3670. The minimum Gasteiger partial charge on any atom is -0.362 e. The van der Waals surface area contributed by atoms with Crippen molar-refractivity contribution < 1.29 is 84.2 Å². The fraction of sp³-hybridized carbons (Fsp3) is 0.667. The van der Waals surface area contributed by atoms with E-state index >= 15 is 42.3 Å². The second kappa shape index (κ2) is 36.0. The number of hydrogen-bond donors (Lipinski definition) is 4. The lowest BCUT2D eigenvalue weighted by atomic mass is 9.58. The van der Waals surface area contributed by atoms with Gasteiger partial charge in [0.15, 0.2) is 5.78 Å². The third-order valence-electron chi connectivity index (χ3n) is 22.7. The molecule has 8 rings (SSSR count). The average Bonchev–Trinajstić information content (AvgIpc) is 1.29. The van der Waals surface area contributed by atoms with Gasteiger partial charge in [-0.15, -0.1) is 0 Å². The van der Waals surface area contributed by atoms with Crippen molar-refractivity contribution in [3.63, 3.8) is 0 Å². The lowest BCUT2D eigenvalue weighted by Crippen LogP contribution is -2.71. The molecule has 2 aromatic carbocycles. The molecule has 0 aromatic heterocycles. The van der Waals surface area contributed by atoms with Crippen LogP contribution >= 0.6 is 0 Å². The van der Waals surface area contributed by atoms with Gasteiger partial charge in [0.1, 0.15) is 71.8 Å². The summed E-state index contributed by atoms with van der Waals surface area (Å²) in [5, 5.41) is 9.42. The van der Waals surface area contributed by atoms with Crippen LogP contribution in [0, 0.1) is 47.6 Å². The number of Topliss-reactive ketones (excluding diaryl/α,β-unsaturated/α-hetero) is 1. The van der Waals surface area contributed by atoms with E-state index in [-0.39, 0.29) is 57.1 Å². The van der Waals surface area contributed by atoms with Crippen LogP contribution in [0.25, 0.3) is 0 Å². The molecule has 4 aliphatic carbocycles. The monoisotopic (exact) mass is 1520 g/mol. The van der Waals surface area contributed by atoms with Gasteiger partial charge in [0.05, 0.1) is 24.9 Å². The molecule has 1 spiro atoms. The molecule has 0 radical (unpaired) electrons. The highest BCUT2D eigenvalue weighted by Gasteiger charge is 2.59. The summed E-state index contributed by atoms with van der Waals surface area (Å²) >= 11 is 0. The van der Waals surface area contributed by atoms with E-state index in [9.17, 15) is 37.1 Å². The number of alkyl halides is 3. The number of nitrogens with one attached hydrogen (secondary N) is 4. The highest BCUT2D eigenvalue weighted by molar-refractivity contribution is 6.01. The maximum atomic E-state index is 15.8. The number of allylic oxidation sites excluding steroid dienone is 1. The third kappa shape index (κ3) is 20.0. The standard InChI is InChI=1S/C78H111F5N12O13/c1-15-23-57-68(100)85-65(46(5)16-2)73(105)94(50-33-34-50)42-63(98)90(11)56-27-20-18-19-26-51(67(56)99)52(36-47-30-28-45(4)29-31-47)70(102)89(10)41-60(96)84-55(35-32-48-37-53(79)64(54(80)38-48)78(81,82)83)71(103)95-58(39-61(87-95)108-17-3)69(101)86-77(43-76(6,7)44-77)75(107)93(14)66(49-24-21-22-25-49)74(106)92(13)59(72(104)88(8)9)40-62(97)91(57)12/h18,20,28-31,37-38,46,49-52,55-59,61,65-66,87H,15-17,19,21-27,32-36,39-44H2,1-14H3,(H,84,96)(H,85,100)(H,86,101)/b20-18-/t46-,51?,52-,55-,56-,57-,58-,59-,61+,65-,66-/m0/s1. The van der Waals surface area contributed by atoms with Gasteiger partial charge >= 0.3 is 6.18 Å². The van der Waals surface area contributed by atoms with Crippen molar-refractivity contribution in [1.29, 1.82) is 0 Å². The maximum absolute atomic E-state index is 15.8. The van der Waals surface area contributed by atoms with Crippen LogP contribution in [0.4, 0.5) is 22.0 Å². The van der Waals surface area contributed by atoms with Crippen LogP contribution in [0.3, 0.4) is 0 Å². The smallest absolute Gasteiger partial charge is 0.362 e. The van der Waals surface area contributed by atoms with Gasteiger partial charge in [-0.05, 0) is 138 Å². The van der Waals surface area contributed by atoms with E-state index in [0.29, 0.717) is 75.5 Å². The fourth-order valence-corrected chi connectivity index (χ4v) is 16.4. The Morgan fingerprint density at radius 1 is 0.722 bits per heavy atom. The van der Waals surface area contributed by atoms with E-state index in [1.54, 1.807) is 32.1 Å². The van der Waals surface area contributed by atoms with Crippen LogP contribution in [0.15, 0.2) is 48.6 Å². The Morgan fingerprint density at radius 3 is 1.94 bits per heavy atom. The van der Waals surface area contributed by atoms with Crippen molar-refractivity contribution in [2.75, 3.05) is 69.0 Å². The molecule has 596 valence electrons. The lowest BCUT2D eigenvalue weighted by Gasteiger charge is -2.54. The van der Waals surface area contributed by atoms with Crippen LogP contribution < -0.4 is 21.4 Å². The maximum Gasteiger partial charge on any atom is 0.422 e. The number of halogens is 5. The molecule has 6 aliphatic rings. The zero-order valence-electron chi connectivity index (χ0n) is 65.0. The number of ether oxygens (including phenoxy) is 1. The van der Waals surface area contributed by atoms with Gasteiger partial charge < -0.3 is 55.0 Å². The second-order valence-electron chi connectivity index (χ2n) is 31.7. The summed E-state index contributed by atoms with van der Waals surface area (Å²) in [6.07, 6.45) is -0.238. The predicted molar refractivity (Wildman–Crippen MR) is 389 cm³/mol. The molecule has 5 fully saturated rings. The zero-order chi connectivity index (χ0) is 79.8. The van der Waals surface area contributed by atoms with E-state index in [1.165, 1.54) is 73.8 Å². The van der Waals surface area contributed by atoms with Gasteiger partial charge in [0.2, 0.25) is 59.1 Å². The molecule has 4 N–H and O–H groups in total. The number of likely N-dealkylation sites (N-methyl/N-ethyl adjacent to an activating group) is 6. The van der Waals surface area contributed by atoms with E-state index in [1.807, 2.05) is 52.8 Å². The summed E-state index contributed by atoms with van der Waals surface area (Å²) in [4.78, 5) is 191. The molecular weight excluding hydrogens is 1410 g/mol. The van der Waals surface area contributed by atoms with E-state index < -0.39 is 216 Å². The molecule has 3 saturated carbocycles. The van der Waals surface area contributed by atoms with E-state index in [0.717, 1.165) is 20.4 Å². The number of ketones is 1. The Morgan fingerprint density at radius 2 is 1.36 bits per heavy atom. The van der Waals surface area contributed by atoms with Gasteiger partial charge in [-0.25, -0.2) is 14.2 Å². The molecule has 2 aromatic rings. The minimum atomic E-state index is -5.42. The number of amides is 11. The first kappa shape index (κ1) is 85.2. The van der Waals surface area contributed by atoms with Crippen LogP contribution in [0.1, 0.15) is 173 Å². The van der Waals surface area contributed by atoms with Crippen LogP contribution in [-0.2, 0) is 81.3 Å². The molecular formula is C78H111F5N12O13. The normalized spacial score (nSPS) is 27.7. The van der Waals surface area contributed by atoms with E-state index in [4.69, 9.17) is 4.74 Å². The molecule has 2 saturated heterocycles. The minimum absolute atomic E-state index is 0.0136. The van der Waals surface area contributed by atoms with Crippen molar-refractivity contribution >= 4 is 70.8 Å². The molecule has 2 aliphatic heterocycles. The quantitative estimate of drug-likeness (QED) is 0.118. The molecule has 30 heteroatoms. The van der Waals surface area contributed by atoms with Gasteiger partial charge in [-0.3, -0.25) is 62.5 Å². The van der Waals surface area contributed by atoms with Crippen LogP contribution in [-0.4, -0.2) is 239 Å². The van der Waals surface area contributed by atoms with Crippen molar-refractivity contribution in [2.45, 2.75) is 237 Å². The van der Waals surface area contributed by atoms with Gasteiger partial charge in [0, 0.05) is 74.3 Å². The van der Waals surface area contributed by atoms with Crippen molar-refractivity contribution in [1.82, 2.24) is 60.7 Å². The summed E-state index contributed by atoms with van der Waals surface area (Å²) in [5.74, 6) is -16.0. The number of carbonyl (C=O) groups excluding carboxylic acids is 12. The van der Waals surface area contributed by atoms with Crippen molar-refractivity contribution in [3.8, 4) is 0 Å². The topological polar surface area (TPSA) is 288 Å². The number of aryl methyl sites for hydroxylation is 2. The predicted octanol–water partition coefficient (Wildman–Crippen LogP) is 6.41. The largest absolute Gasteiger partial charge is 0.422 e. The van der Waals surface area contributed by atoms with Crippen molar-refractivity contribution in [2.24, 2.45) is 29.1 Å². The SMILES string of the molecule is CCC[C@H]1C(=O)N[C@@H]([C@@H](C)CC)C(=O)N(C2CC2)CC(=O)N(C)[C@H]2C/C=C\CCC(C2=O)[C@H](Cc2ccc(C)cc2)C(=O)N(C)CC(=O)N[C@@H](CCc2cc(F)c(C(F)(F)F)c(F)c2)C(=O)N2N[C@H](OCC)C[C@H]2C(=O)NC2(CC(C)(C)C2)C(=O)N(C)[C@@H](C2CCCC2)C(=O)N(C)[C@H](C(=O)N(C)C)CC(=O)N1C. The Labute approximate surface area is 630 Å². The average molecular weight is 1520 g/mol. The molecule has 11 atom stereocenters. The number of benzene rings is 2. The van der Waals surface area contributed by atoms with Gasteiger partial charge in [-0.2, -0.15) is 13.2 Å². The summed E-state index contributed by atoms with van der Waals surface area (Å²) in [7, 11) is 9.86. The fourth-order valence-electron chi connectivity index (χ4n) is 16.4. The molecule has 25 nitrogen and oxygen atoms in total. The Kier molecular flexibility index (Phi) is 28.4. The van der Waals surface area contributed by atoms with Crippen LogP contribution in [0.2, 0.25) is 0 Å². The number of carbonyl (C=O) groups is 12. The first-order valence-electron chi connectivity index (χ1n) is 38.0. The highest BCUT2D eigenvalue weighted by Crippen LogP contribution is 2.50. The second-order valence-corrected chi connectivity index (χ2v) is 31.7. The summed E-state index contributed by atoms with van der Waals surface area (Å²) in [6, 6.07) is -2.00. The highest BCUT2D eigenvalue weighted by atomic mass is 19.4. The Hall–Kier alpha value is -8.41.